The maximum absolute atomic E-state index is 12.4. The van der Waals surface area contributed by atoms with Crippen molar-refractivity contribution in [3.05, 3.63) is 93.2 Å². The molecule has 0 unspecified atom stereocenters. The number of nitrogens with one attached hydrogen (secondary N) is 1. The molecule has 0 aliphatic heterocycles. The topological polar surface area (TPSA) is 76.9 Å². The summed E-state index contributed by atoms with van der Waals surface area (Å²) in [5.74, 6) is -0.313. The second-order valence-corrected chi connectivity index (χ2v) is 7.80. The van der Waals surface area contributed by atoms with Crippen molar-refractivity contribution in [2.45, 2.75) is 13.1 Å². The number of hydrogen-bond donors (Lipinski definition) is 1. The number of amides is 1. The third-order valence-corrected chi connectivity index (χ3v) is 5.53. The fourth-order valence-corrected chi connectivity index (χ4v) is 3.77. The van der Waals surface area contributed by atoms with Gasteiger partial charge in [-0.1, -0.05) is 54.1 Å². The SMILES string of the molecule is O=C(Cn1nc(-c2ccc(Cl)cc2)ccc1=O)NCc1csc(-c2ccccc2)n1. The number of aromatic nitrogens is 3. The van der Waals surface area contributed by atoms with Crippen LogP contribution in [0, 0.1) is 0 Å². The minimum atomic E-state index is -0.345. The second kappa shape index (κ2) is 9.02. The molecule has 2 aromatic carbocycles. The van der Waals surface area contributed by atoms with E-state index in [1.807, 2.05) is 47.8 Å². The minimum Gasteiger partial charge on any atom is -0.349 e. The molecule has 0 spiro atoms. The summed E-state index contributed by atoms with van der Waals surface area (Å²) in [6.07, 6.45) is 0. The van der Waals surface area contributed by atoms with Gasteiger partial charge in [0.25, 0.3) is 5.56 Å². The molecule has 4 rings (SSSR count). The van der Waals surface area contributed by atoms with Crippen LogP contribution < -0.4 is 10.9 Å². The van der Waals surface area contributed by atoms with Crippen LogP contribution >= 0.6 is 22.9 Å². The molecule has 6 nitrogen and oxygen atoms in total. The van der Waals surface area contributed by atoms with E-state index in [0.717, 1.165) is 26.5 Å². The van der Waals surface area contributed by atoms with Gasteiger partial charge in [-0.25, -0.2) is 9.67 Å². The van der Waals surface area contributed by atoms with Gasteiger partial charge < -0.3 is 5.32 Å². The van der Waals surface area contributed by atoms with Crippen LogP contribution in [0.15, 0.2) is 76.9 Å². The van der Waals surface area contributed by atoms with Gasteiger partial charge in [-0.2, -0.15) is 5.10 Å². The molecule has 1 N–H and O–H groups in total. The molecular formula is C22H17ClN4O2S. The lowest BCUT2D eigenvalue weighted by molar-refractivity contribution is -0.122. The number of nitrogens with zero attached hydrogens (tertiary/aromatic N) is 3. The van der Waals surface area contributed by atoms with Crippen molar-refractivity contribution in [3.8, 4) is 21.8 Å². The summed E-state index contributed by atoms with van der Waals surface area (Å²) < 4.78 is 1.15. The highest BCUT2D eigenvalue weighted by molar-refractivity contribution is 7.13. The van der Waals surface area contributed by atoms with Crippen LogP contribution in [0.3, 0.4) is 0 Å². The predicted octanol–water partition coefficient (Wildman–Crippen LogP) is 4.00. The fourth-order valence-electron chi connectivity index (χ4n) is 2.82. The zero-order valence-electron chi connectivity index (χ0n) is 15.8. The molecule has 30 heavy (non-hydrogen) atoms. The van der Waals surface area contributed by atoms with Crippen molar-refractivity contribution in [3.63, 3.8) is 0 Å². The van der Waals surface area contributed by atoms with E-state index in [1.54, 1.807) is 18.2 Å². The van der Waals surface area contributed by atoms with Gasteiger partial charge in [0.15, 0.2) is 0 Å². The van der Waals surface area contributed by atoms with Crippen molar-refractivity contribution >= 4 is 28.8 Å². The molecule has 0 aliphatic carbocycles. The van der Waals surface area contributed by atoms with Gasteiger partial charge in [0.05, 0.1) is 17.9 Å². The lowest BCUT2D eigenvalue weighted by Crippen LogP contribution is -2.33. The third kappa shape index (κ3) is 4.82. The van der Waals surface area contributed by atoms with Gasteiger partial charge in [-0.05, 0) is 18.2 Å². The van der Waals surface area contributed by atoms with Gasteiger partial charge in [0.2, 0.25) is 5.91 Å². The number of carbonyl (C=O) groups excluding carboxylic acids is 1. The molecule has 0 aliphatic rings. The molecule has 2 heterocycles. The molecule has 150 valence electrons. The number of thiazole rings is 1. The Kier molecular flexibility index (Phi) is 6.02. The molecule has 1 amide bonds. The molecule has 0 radical (unpaired) electrons. The summed E-state index contributed by atoms with van der Waals surface area (Å²) in [6.45, 7) is 0.115. The first-order valence-corrected chi connectivity index (χ1v) is 10.4. The highest BCUT2D eigenvalue weighted by Gasteiger charge is 2.10. The lowest BCUT2D eigenvalue weighted by atomic mass is 10.1. The van der Waals surface area contributed by atoms with Crippen LogP contribution in [-0.2, 0) is 17.9 Å². The maximum atomic E-state index is 12.4. The van der Waals surface area contributed by atoms with E-state index in [9.17, 15) is 9.59 Å². The first-order valence-electron chi connectivity index (χ1n) is 9.19. The largest absolute Gasteiger partial charge is 0.349 e. The van der Waals surface area contributed by atoms with Gasteiger partial charge >= 0.3 is 0 Å². The van der Waals surface area contributed by atoms with Crippen LogP contribution in [0.2, 0.25) is 5.02 Å². The zero-order valence-corrected chi connectivity index (χ0v) is 17.4. The average molecular weight is 437 g/mol. The summed E-state index contributed by atoms with van der Waals surface area (Å²) in [6, 6.07) is 20.0. The molecule has 8 heteroatoms. The Morgan fingerprint density at radius 1 is 1.00 bits per heavy atom. The standard InChI is InChI=1S/C22H17ClN4O2S/c23-17-8-6-15(7-9-17)19-10-11-21(29)27(26-19)13-20(28)24-12-18-14-30-22(25-18)16-4-2-1-3-5-16/h1-11,14H,12-13H2,(H,24,28). The first kappa shape index (κ1) is 20.0. The summed E-state index contributed by atoms with van der Waals surface area (Å²) in [5, 5.41) is 10.5. The Balaban J connectivity index is 1.41. The highest BCUT2D eigenvalue weighted by Crippen LogP contribution is 2.23. The number of hydrogen-bond acceptors (Lipinski definition) is 5. The highest BCUT2D eigenvalue weighted by atomic mass is 35.5. The van der Waals surface area contributed by atoms with Crippen molar-refractivity contribution in [2.24, 2.45) is 0 Å². The van der Waals surface area contributed by atoms with Crippen LogP contribution in [0.5, 0.6) is 0 Å². The Morgan fingerprint density at radius 2 is 1.77 bits per heavy atom. The molecular weight excluding hydrogens is 420 g/mol. The van der Waals surface area contributed by atoms with Gasteiger partial charge in [0.1, 0.15) is 11.6 Å². The Morgan fingerprint density at radius 3 is 2.53 bits per heavy atom. The Hall–Kier alpha value is -3.29. The van der Waals surface area contributed by atoms with Crippen molar-refractivity contribution in [2.75, 3.05) is 0 Å². The first-order chi connectivity index (χ1) is 14.6. The number of halogens is 1. The number of rotatable bonds is 6. The zero-order chi connectivity index (χ0) is 20.9. The van der Waals surface area contributed by atoms with E-state index in [2.05, 4.69) is 15.4 Å². The maximum Gasteiger partial charge on any atom is 0.267 e. The lowest BCUT2D eigenvalue weighted by Gasteiger charge is -2.08. The normalized spacial score (nSPS) is 10.7. The summed E-state index contributed by atoms with van der Waals surface area (Å²) in [4.78, 5) is 29.0. The minimum absolute atomic E-state index is 0.171. The van der Waals surface area contributed by atoms with Crippen LogP contribution in [-0.4, -0.2) is 20.7 Å². The van der Waals surface area contributed by atoms with Gasteiger partial charge in [-0.3, -0.25) is 9.59 Å². The summed E-state index contributed by atoms with van der Waals surface area (Å²) in [7, 11) is 0. The number of carbonyl (C=O) groups is 1. The fraction of sp³-hybridized carbons (Fsp3) is 0.0909. The molecule has 2 aromatic heterocycles. The predicted molar refractivity (Wildman–Crippen MR) is 118 cm³/mol. The monoisotopic (exact) mass is 436 g/mol. The Bertz CT molecular complexity index is 1220. The van der Waals surface area contributed by atoms with E-state index in [4.69, 9.17) is 11.6 Å². The molecule has 0 bridgehead atoms. The van der Waals surface area contributed by atoms with E-state index in [-0.39, 0.29) is 24.6 Å². The molecule has 0 fully saturated rings. The van der Waals surface area contributed by atoms with E-state index < -0.39 is 0 Å². The molecule has 4 aromatic rings. The van der Waals surface area contributed by atoms with Crippen LogP contribution in [0.1, 0.15) is 5.69 Å². The van der Waals surface area contributed by atoms with Crippen LogP contribution in [0.4, 0.5) is 0 Å². The smallest absolute Gasteiger partial charge is 0.267 e. The van der Waals surface area contributed by atoms with E-state index >= 15 is 0 Å². The van der Waals surface area contributed by atoms with Crippen LogP contribution in [0.25, 0.3) is 21.8 Å². The molecule has 0 atom stereocenters. The van der Waals surface area contributed by atoms with Gasteiger partial charge in [0, 0.05) is 27.6 Å². The van der Waals surface area contributed by atoms with Crippen molar-refractivity contribution in [1.82, 2.24) is 20.1 Å². The molecule has 0 saturated heterocycles. The van der Waals surface area contributed by atoms with E-state index in [1.165, 1.54) is 17.4 Å². The van der Waals surface area contributed by atoms with Gasteiger partial charge in [-0.15, -0.1) is 11.3 Å². The second-order valence-electron chi connectivity index (χ2n) is 6.51. The third-order valence-electron chi connectivity index (χ3n) is 4.34. The Labute approximate surface area is 181 Å². The van der Waals surface area contributed by atoms with Crippen molar-refractivity contribution < 1.29 is 4.79 Å². The summed E-state index contributed by atoms with van der Waals surface area (Å²) >= 11 is 7.44. The quantitative estimate of drug-likeness (QED) is 0.495. The van der Waals surface area contributed by atoms with Crippen molar-refractivity contribution in [1.29, 1.82) is 0 Å². The number of benzene rings is 2. The molecule has 0 saturated carbocycles. The van der Waals surface area contributed by atoms with E-state index in [0.29, 0.717) is 10.7 Å². The average Bonchev–Trinajstić information content (AvgIpc) is 3.24. The summed E-state index contributed by atoms with van der Waals surface area (Å²) in [5.41, 5.74) is 2.86.